The molecule has 1 aliphatic rings. The maximum atomic E-state index is 13.1. The van der Waals surface area contributed by atoms with Gasteiger partial charge in [-0.25, -0.2) is 4.98 Å². The minimum absolute atomic E-state index is 0.0896. The van der Waals surface area contributed by atoms with Crippen LogP contribution in [-0.4, -0.2) is 29.5 Å². The van der Waals surface area contributed by atoms with Gasteiger partial charge >= 0.3 is 6.18 Å². The maximum Gasteiger partial charge on any atom is 0.419 e. The van der Waals surface area contributed by atoms with Crippen molar-refractivity contribution in [1.29, 1.82) is 0 Å². The number of nitrogens with zero attached hydrogens (tertiary/aromatic N) is 2. The molecule has 7 heteroatoms. The molecule has 1 aromatic rings. The van der Waals surface area contributed by atoms with Gasteiger partial charge in [0.2, 0.25) is 5.91 Å². The Morgan fingerprint density at radius 3 is 2.65 bits per heavy atom. The van der Waals surface area contributed by atoms with Crippen molar-refractivity contribution >= 4 is 11.7 Å². The molecule has 2 heterocycles. The van der Waals surface area contributed by atoms with Gasteiger partial charge in [-0.2, -0.15) is 13.2 Å². The quantitative estimate of drug-likeness (QED) is 0.906. The molecule has 4 nitrogen and oxygen atoms in total. The van der Waals surface area contributed by atoms with Crippen LogP contribution in [0.4, 0.5) is 19.0 Å². The van der Waals surface area contributed by atoms with Crippen LogP contribution in [0.2, 0.25) is 0 Å². The second kappa shape index (κ2) is 6.37. The van der Waals surface area contributed by atoms with Crippen LogP contribution in [0.1, 0.15) is 39.2 Å². The van der Waals surface area contributed by atoms with Crippen molar-refractivity contribution in [2.24, 2.45) is 5.92 Å². The minimum atomic E-state index is -4.45. The highest BCUT2D eigenvalue weighted by molar-refractivity contribution is 5.80. The molecule has 0 spiro atoms. The van der Waals surface area contributed by atoms with E-state index in [1.807, 2.05) is 20.8 Å². The van der Waals surface area contributed by atoms with E-state index < -0.39 is 11.7 Å². The Kier molecular flexibility index (Phi) is 4.87. The second-order valence-electron chi connectivity index (χ2n) is 6.90. The molecule has 1 saturated heterocycles. The first kappa shape index (κ1) is 17.6. The molecule has 1 aliphatic heterocycles. The van der Waals surface area contributed by atoms with Gasteiger partial charge in [-0.1, -0.05) is 0 Å². The molecule has 2 rings (SSSR count). The third-order valence-corrected chi connectivity index (χ3v) is 3.68. The molecule has 1 fully saturated rings. The molecule has 1 N–H and O–H groups in total. The van der Waals surface area contributed by atoms with Crippen LogP contribution >= 0.6 is 0 Å². The molecule has 0 saturated carbocycles. The molecule has 1 unspecified atom stereocenters. The fourth-order valence-electron chi connectivity index (χ4n) is 2.73. The number of hydrogen-bond donors (Lipinski definition) is 1. The van der Waals surface area contributed by atoms with Gasteiger partial charge in [-0.3, -0.25) is 4.79 Å². The summed E-state index contributed by atoms with van der Waals surface area (Å²) < 4.78 is 39.4. The van der Waals surface area contributed by atoms with Crippen molar-refractivity contribution in [3.05, 3.63) is 23.9 Å². The summed E-state index contributed by atoms with van der Waals surface area (Å²) in [7, 11) is 0. The zero-order valence-corrected chi connectivity index (χ0v) is 13.6. The van der Waals surface area contributed by atoms with Crippen LogP contribution in [0, 0.1) is 5.92 Å². The highest BCUT2D eigenvalue weighted by atomic mass is 19.4. The van der Waals surface area contributed by atoms with Gasteiger partial charge in [0.05, 0.1) is 11.5 Å². The van der Waals surface area contributed by atoms with Crippen molar-refractivity contribution in [3.8, 4) is 0 Å². The number of hydrogen-bond acceptors (Lipinski definition) is 3. The van der Waals surface area contributed by atoms with Crippen molar-refractivity contribution in [1.82, 2.24) is 10.3 Å². The van der Waals surface area contributed by atoms with Gasteiger partial charge in [0.1, 0.15) is 5.82 Å². The van der Waals surface area contributed by atoms with Crippen molar-refractivity contribution < 1.29 is 18.0 Å². The van der Waals surface area contributed by atoms with E-state index in [9.17, 15) is 18.0 Å². The lowest BCUT2D eigenvalue weighted by molar-refractivity contribution is -0.137. The molecular weight excluding hydrogens is 307 g/mol. The number of alkyl halides is 3. The first-order chi connectivity index (χ1) is 10.6. The number of halogens is 3. The molecule has 0 aromatic carbocycles. The van der Waals surface area contributed by atoms with E-state index in [2.05, 4.69) is 10.3 Å². The fourth-order valence-corrected chi connectivity index (χ4v) is 2.73. The number of carbonyl (C=O) groups excluding carboxylic acids is 1. The van der Waals surface area contributed by atoms with Gasteiger partial charge in [0, 0.05) is 24.8 Å². The molecule has 1 atom stereocenters. The predicted molar refractivity (Wildman–Crippen MR) is 82.1 cm³/mol. The summed E-state index contributed by atoms with van der Waals surface area (Å²) >= 11 is 0. The van der Waals surface area contributed by atoms with E-state index in [0.29, 0.717) is 19.4 Å². The van der Waals surface area contributed by atoms with Crippen LogP contribution in [0.15, 0.2) is 18.3 Å². The molecule has 1 amide bonds. The Labute approximate surface area is 134 Å². The maximum absolute atomic E-state index is 13.1. The molecule has 0 aliphatic carbocycles. The number of anilines is 1. The molecule has 0 bridgehead atoms. The second-order valence-corrected chi connectivity index (χ2v) is 6.90. The van der Waals surface area contributed by atoms with Gasteiger partial charge in [0.25, 0.3) is 0 Å². The number of amides is 1. The number of carbonyl (C=O) groups is 1. The van der Waals surface area contributed by atoms with Crippen LogP contribution in [-0.2, 0) is 11.0 Å². The van der Waals surface area contributed by atoms with E-state index in [0.717, 1.165) is 6.07 Å². The molecule has 0 radical (unpaired) electrons. The Morgan fingerprint density at radius 2 is 2.04 bits per heavy atom. The number of pyridine rings is 1. The molecule has 128 valence electrons. The van der Waals surface area contributed by atoms with Crippen LogP contribution in [0.3, 0.4) is 0 Å². The first-order valence-corrected chi connectivity index (χ1v) is 7.67. The normalized spacial score (nSPS) is 19.6. The van der Waals surface area contributed by atoms with E-state index in [4.69, 9.17) is 0 Å². The van der Waals surface area contributed by atoms with Crippen molar-refractivity contribution in [2.75, 3.05) is 18.0 Å². The van der Waals surface area contributed by atoms with Crippen molar-refractivity contribution in [2.45, 2.75) is 45.3 Å². The lowest BCUT2D eigenvalue weighted by Gasteiger charge is -2.35. The van der Waals surface area contributed by atoms with Gasteiger partial charge < -0.3 is 10.2 Å². The fraction of sp³-hybridized carbons (Fsp3) is 0.625. The Balaban J connectivity index is 2.18. The lowest BCUT2D eigenvalue weighted by atomic mass is 9.95. The predicted octanol–water partition coefficient (Wildman–Crippen LogP) is 3.23. The summed E-state index contributed by atoms with van der Waals surface area (Å²) in [5.41, 5.74) is -1.11. The molecule has 23 heavy (non-hydrogen) atoms. The van der Waals surface area contributed by atoms with Crippen molar-refractivity contribution in [3.63, 3.8) is 0 Å². The highest BCUT2D eigenvalue weighted by Crippen LogP contribution is 2.36. The zero-order valence-electron chi connectivity index (χ0n) is 13.6. The van der Waals surface area contributed by atoms with E-state index in [-0.39, 0.29) is 29.7 Å². The number of nitrogens with one attached hydrogen (secondary N) is 1. The average molecular weight is 329 g/mol. The first-order valence-electron chi connectivity index (χ1n) is 7.67. The Bertz CT molecular complexity index is 566. The largest absolute Gasteiger partial charge is 0.419 e. The third kappa shape index (κ3) is 4.59. The number of piperidine rings is 1. The summed E-state index contributed by atoms with van der Waals surface area (Å²) in [4.78, 5) is 17.8. The summed E-state index contributed by atoms with van der Waals surface area (Å²) in [5, 5.41) is 2.90. The van der Waals surface area contributed by atoms with E-state index >= 15 is 0 Å². The Morgan fingerprint density at radius 1 is 1.35 bits per heavy atom. The van der Waals surface area contributed by atoms with Gasteiger partial charge in [-0.15, -0.1) is 0 Å². The van der Waals surface area contributed by atoms with Gasteiger partial charge in [-0.05, 0) is 45.7 Å². The number of rotatable bonds is 2. The standard InChI is InChI=1S/C16H22F3N3O/c1-15(2,3)21-14(23)11-6-5-9-22(10-11)13-12(16(17,18)19)7-4-8-20-13/h4,7-8,11H,5-6,9-10H2,1-3H3,(H,21,23). The zero-order chi connectivity index (χ0) is 17.3. The van der Waals surface area contributed by atoms with E-state index in [1.54, 1.807) is 4.90 Å². The SMILES string of the molecule is CC(C)(C)NC(=O)C1CCCN(c2ncccc2C(F)(F)F)C1. The number of aromatic nitrogens is 1. The summed E-state index contributed by atoms with van der Waals surface area (Å²) in [6.07, 6.45) is -1.77. The third-order valence-electron chi connectivity index (χ3n) is 3.68. The highest BCUT2D eigenvalue weighted by Gasteiger charge is 2.37. The van der Waals surface area contributed by atoms with E-state index in [1.165, 1.54) is 12.3 Å². The summed E-state index contributed by atoms with van der Waals surface area (Å²) in [6, 6.07) is 2.31. The topological polar surface area (TPSA) is 45.2 Å². The minimum Gasteiger partial charge on any atom is -0.355 e. The smallest absolute Gasteiger partial charge is 0.355 e. The summed E-state index contributed by atoms with van der Waals surface area (Å²) in [6.45, 7) is 6.37. The Hall–Kier alpha value is -1.79. The monoisotopic (exact) mass is 329 g/mol. The average Bonchev–Trinajstić information content (AvgIpc) is 2.45. The lowest BCUT2D eigenvalue weighted by Crippen LogP contribution is -2.49. The van der Waals surface area contributed by atoms with Crippen LogP contribution < -0.4 is 10.2 Å². The summed E-state index contributed by atoms with van der Waals surface area (Å²) in [5.74, 6) is -0.536. The molecule has 1 aromatic heterocycles. The molecular formula is C16H22F3N3O. The van der Waals surface area contributed by atoms with Crippen LogP contribution in [0.25, 0.3) is 0 Å². The van der Waals surface area contributed by atoms with Gasteiger partial charge in [0.15, 0.2) is 0 Å². The van der Waals surface area contributed by atoms with Crippen LogP contribution in [0.5, 0.6) is 0 Å².